The molecule has 6 rings (SSSR count). The van der Waals surface area contributed by atoms with Crippen LogP contribution in [0.3, 0.4) is 0 Å². The molecule has 0 N–H and O–H groups in total. The van der Waals surface area contributed by atoms with Crippen molar-refractivity contribution in [2.45, 2.75) is 6.92 Å². The summed E-state index contributed by atoms with van der Waals surface area (Å²) in [5.41, 5.74) is 4.79. The minimum atomic E-state index is 1.16. The van der Waals surface area contributed by atoms with Crippen LogP contribution >= 0.6 is 0 Å². The predicted octanol–water partition coefficient (Wildman–Crippen LogP) is 8.92. The molecule has 152 valence electrons. The molecular formula is C31H23N. The van der Waals surface area contributed by atoms with E-state index in [0.29, 0.717) is 0 Å². The minimum absolute atomic E-state index is 1.16. The average Bonchev–Trinajstić information content (AvgIpc) is 2.84. The van der Waals surface area contributed by atoms with Crippen LogP contribution in [0.1, 0.15) is 5.56 Å². The molecule has 0 aliphatic carbocycles. The fourth-order valence-electron chi connectivity index (χ4n) is 4.64. The van der Waals surface area contributed by atoms with E-state index >= 15 is 0 Å². The lowest BCUT2D eigenvalue weighted by Crippen LogP contribution is -2.10. The molecule has 0 aromatic heterocycles. The lowest BCUT2D eigenvalue weighted by atomic mass is 10.0. The summed E-state index contributed by atoms with van der Waals surface area (Å²) in [7, 11) is 0. The van der Waals surface area contributed by atoms with Crippen molar-refractivity contribution in [2.24, 2.45) is 0 Å². The standard InChI is InChI=1S/C31H23N/c1-22-13-14-27-21-29(18-16-26(27)19-22)32(28-17-15-23-7-2-3-9-25(23)20-28)31-12-6-10-24-8-4-5-11-30(24)31/h2-21H,1H3. The third-order valence-corrected chi connectivity index (χ3v) is 6.24. The number of rotatable bonds is 3. The average molecular weight is 410 g/mol. The first-order valence-corrected chi connectivity index (χ1v) is 11.0. The Morgan fingerprint density at radius 2 is 1.00 bits per heavy atom. The van der Waals surface area contributed by atoms with Crippen molar-refractivity contribution in [3.05, 3.63) is 127 Å². The van der Waals surface area contributed by atoms with Gasteiger partial charge < -0.3 is 4.90 Å². The maximum absolute atomic E-state index is 2.38. The lowest BCUT2D eigenvalue weighted by Gasteiger charge is -2.27. The second-order valence-electron chi connectivity index (χ2n) is 8.40. The number of fused-ring (bicyclic) bond motifs is 3. The summed E-state index contributed by atoms with van der Waals surface area (Å²) in [6.45, 7) is 2.14. The third-order valence-electron chi connectivity index (χ3n) is 6.24. The smallest absolute Gasteiger partial charge is 0.0540 e. The van der Waals surface area contributed by atoms with Crippen molar-refractivity contribution in [3.8, 4) is 0 Å². The maximum Gasteiger partial charge on any atom is 0.0540 e. The zero-order valence-corrected chi connectivity index (χ0v) is 18.0. The van der Waals surface area contributed by atoms with Gasteiger partial charge in [-0.3, -0.25) is 0 Å². The molecule has 6 aromatic rings. The van der Waals surface area contributed by atoms with Gasteiger partial charge in [0.1, 0.15) is 0 Å². The summed E-state index contributed by atoms with van der Waals surface area (Å²) in [6.07, 6.45) is 0. The molecule has 0 spiro atoms. The van der Waals surface area contributed by atoms with Gasteiger partial charge in [0.25, 0.3) is 0 Å². The molecule has 0 aliphatic rings. The van der Waals surface area contributed by atoms with Crippen LogP contribution < -0.4 is 4.90 Å². The van der Waals surface area contributed by atoms with E-state index in [9.17, 15) is 0 Å². The first-order chi connectivity index (χ1) is 15.8. The SMILES string of the molecule is Cc1ccc2cc(N(c3ccc4ccccc4c3)c3cccc4ccccc34)ccc2c1. The molecule has 0 fully saturated rings. The summed E-state index contributed by atoms with van der Waals surface area (Å²) >= 11 is 0. The van der Waals surface area contributed by atoms with E-state index in [2.05, 4.69) is 133 Å². The summed E-state index contributed by atoms with van der Waals surface area (Å²) in [5, 5.41) is 7.50. The molecule has 6 aromatic carbocycles. The van der Waals surface area contributed by atoms with Crippen LogP contribution in [0.15, 0.2) is 121 Å². The molecule has 0 saturated heterocycles. The van der Waals surface area contributed by atoms with E-state index in [1.54, 1.807) is 0 Å². The highest BCUT2D eigenvalue weighted by atomic mass is 15.1. The zero-order valence-electron chi connectivity index (χ0n) is 18.0. The second kappa shape index (κ2) is 7.55. The van der Waals surface area contributed by atoms with Crippen molar-refractivity contribution < 1.29 is 0 Å². The van der Waals surface area contributed by atoms with Gasteiger partial charge in [0.15, 0.2) is 0 Å². The molecule has 0 radical (unpaired) electrons. The molecule has 32 heavy (non-hydrogen) atoms. The Bertz CT molecular complexity index is 1590. The van der Waals surface area contributed by atoms with Gasteiger partial charge in [-0.05, 0) is 64.2 Å². The molecule has 0 atom stereocenters. The molecule has 0 saturated carbocycles. The fourth-order valence-corrected chi connectivity index (χ4v) is 4.64. The number of nitrogens with zero attached hydrogens (tertiary/aromatic N) is 1. The summed E-state index contributed by atoms with van der Waals surface area (Å²) in [4.78, 5) is 2.38. The van der Waals surface area contributed by atoms with Crippen LogP contribution in [0.4, 0.5) is 17.1 Å². The van der Waals surface area contributed by atoms with Gasteiger partial charge in [0, 0.05) is 16.8 Å². The van der Waals surface area contributed by atoms with Gasteiger partial charge in [0.2, 0.25) is 0 Å². The highest BCUT2D eigenvalue weighted by Gasteiger charge is 2.16. The van der Waals surface area contributed by atoms with Crippen molar-refractivity contribution in [3.63, 3.8) is 0 Å². The molecule has 1 heteroatoms. The Hall–Kier alpha value is -4.10. The van der Waals surface area contributed by atoms with Crippen LogP contribution in [0.25, 0.3) is 32.3 Å². The minimum Gasteiger partial charge on any atom is -0.310 e. The largest absolute Gasteiger partial charge is 0.310 e. The van der Waals surface area contributed by atoms with Gasteiger partial charge in [-0.25, -0.2) is 0 Å². The van der Waals surface area contributed by atoms with E-state index < -0.39 is 0 Å². The van der Waals surface area contributed by atoms with E-state index in [-0.39, 0.29) is 0 Å². The van der Waals surface area contributed by atoms with Gasteiger partial charge >= 0.3 is 0 Å². The van der Waals surface area contributed by atoms with Crippen molar-refractivity contribution in [1.82, 2.24) is 0 Å². The Morgan fingerprint density at radius 3 is 1.81 bits per heavy atom. The summed E-state index contributed by atoms with van der Waals surface area (Å²) < 4.78 is 0. The van der Waals surface area contributed by atoms with Crippen LogP contribution in [0.2, 0.25) is 0 Å². The number of anilines is 3. The van der Waals surface area contributed by atoms with Crippen molar-refractivity contribution >= 4 is 49.4 Å². The first kappa shape index (κ1) is 18.7. The van der Waals surface area contributed by atoms with Crippen molar-refractivity contribution in [2.75, 3.05) is 4.90 Å². The monoisotopic (exact) mass is 409 g/mol. The maximum atomic E-state index is 2.38. The van der Waals surface area contributed by atoms with E-state index in [1.807, 2.05) is 0 Å². The van der Waals surface area contributed by atoms with E-state index in [0.717, 1.165) is 11.4 Å². The van der Waals surface area contributed by atoms with E-state index in [1.165, 1.54) is 43.6 Å². The topological polar surface area (TPSA) is 3.24 Å². The molecule has 0 amide bonds. The van der Waals surface area contributed by atoms with Crippen molar-refractivity contribution in [1.29, 1.82) is 0 Å². The highest BCUT2D eigenvalue weighted by molar-refractivity contribution is 6.01. The molecule has 0 bridgehead atoms. The van der Waals surface area contributed by atoms with Gasteiger partial charge in [-0.15, -0.1) is 0 Å². The third kappa shape index (κ3) is 3.19. The molecular weight excluding hydrogens is 386 g/mol. The van der Waals surface area contributed by atoms with Crippen LogP contribution in [-0.2, 0) is 0 Å². The van der Waals surface area contributed by atoms with Gasteiger partial charge in [0.05, 0.1) is 5.69 Å². The Labute approximate surface area is 188 Å². The molecule has 0 heterocycles. The van der Waals surface area contributed by atoms with Crippen LogP contribution in [0.5, 0.6) is 0 Å². The van der Waals surface area contributed by atoms with Crippen LogP contribution in [-0.4, -0.2) is 0 Å². The quantitative estimate of drug-likeness (QED) is 0.282. The van der Waals surface area contributed by atoms with Gasteiger partial charge in [-0.1, -0.05) is 96.6 Å². The van der Waals surface area contributed by atoms with Crippen LogP contribution in [0, 0.1) is 6.92 Å². The normalized spacial score (nSPS) is 11.3. The Balaban J connectivity index is 1.63. The Morgan fingerprint density at radius 1 is 0.438 bits per heavy atom. The fraction of sp³-hybridized carbons (Fsp3) is 0.0323. The Kier molecular flexibility index (Phi) is 4.40. The molecule has 1 nitrogen and oxygen atoms in total. The van der Waals surface area contributed by atoms with E-state index in [4.69, 9.17) is 0 Å². The number of benzene rings is 6. The molecule has 0 unspecified atom stereocenters. The zero-order chi connectivity index (χ0) is 21.5. The number of hydrogen-bond donors (Lipinski definition) is 0. The number of aryl methyl sites for hydroxylation is 1. The number of hydrogen-bond acceptors (Lipinski definition) is 1. The predicted molar refractivity (Wildman–Crippen MR) is 138 cm³/mol. The second-order valence-corrected chi connectivity index (χ2v) is 8.40. The molecule has 0 aliphatic heterocycles. The first-order valence-electron chi connectivity index (χ1n) is 11.0. The summed E-state index contributed by atoms with van der Waals surface area (Å²) in [6, 6.07) is 43.9. The highest BCUT2D eigenvalue weighted by Crippen LogP contribution is 2.40. The summed E-state index contributed by atoms with van der Waals surface area (Å²) in [5.74, 6) is 0. The van der Waals surface area contributed by atoms with Gasteiger partial charge in [-0.2, -0.15) is 0 Å². The lowest BCUT2D eigenvalue weighted by molar-refractivity contribution is 1.31.